The molecule has 0 bridgehead atoms. The number of aromatic hydroxyl groups is 1. The third-order valence-electron chi connectivity index (χ3n) is 0.990. The van der Waals surface area contributed by atoms with E-state index in [2.05, 4.69) is 0 Å². The van der Waals surface area contributed by atoms with Gasteiger partial charge in [-0.2, -0.15) is 0 Å². The third kappa shape index (κ3) is 4.22. The molecule has 0 aromatic heterocycles. The fraction of sp³-hybridized carbons (Fsp3) is 0. The molecule has 0 unspecified atom stereocenters. The molecular formula is C7H5Cl3O3. The van der Waals surface area contributed by atoms with Gasteiger partial charge in [0.25, 0.3) is 6.47 Å². The maximum absolute atomic E-state index is 8.95. The first-order chi connectivity index (χ1) is 6.02. The molecule has 72 valence electrons. The maximum Gasteiger partial charge on any atom is 0.290 e. The molecule has 0 atom stereocenters. The van der Waals surface area contributed by atoms with E-state index in [1.54, 1.807) is 0 Å². The van der Waals surface area contributed by atoms with Crippen molar-refractivity contribution >= 4 is 41.3 Å². The van der Waals surface area contributed by atoms with Crippen LogP contribution in [0.4, 0.5) is 0 Å². The zero-order valence-corrected chi connectivity index (χ0v) is 8.44. The second kappa shape index (κ2) is 5.91. The predicted molar refractivity (Wildman–Crippen MR) is 51.8 cm³/mol. The Morgan fingerprint density at radius 2 is 1.46 bits per heavy atom. The summed E-state index contributed by atoms with van der Waals surface area (Å²) in [6, 6.07) is 2.69. The average molecular weight is 243 g/mol. The minimum absolute atomic E-state index is 0.0592. The van der Waals surface area contributed by atoms with Crippen LogP contribution >= 0.6 is 34.8 Å². The van der Waals surface area contributed by atoms with Crippen molar-refractivity contribution in [1.29, 1.82) is 0 Å². The van der Waals surface area contributed by atoms with Gasteiger partial charge in [-0.05, 0) is 6.07 Å². The normalized spacial score (nSPS) is 8.54. The lowest BCUT2D eigenvalue weighted by Gasteiger charge is -1.97. The number of carboxylic acid groups (broad SMARTS) is 1. The number of hydrogen-bond acceptors (Lipinski definition) is 2. The van der Waals surface area contributed by atoms with Crippen LogP contribution in [0.25, 0.3) is 0 Å². The van der Waals surface area contributed by atoms with Crippen molar-refractivity contribution in [2.45, 2.75) is 0 Å². The van der Waals surface area contributed by atoms with E-state index in [1.165, 1.54) is 12.1 Å². The molecule has 2 N–H and O–H groups in total. The smallest absolute Gasteiger partial charge is 0.290 e. The summed E-state index contributed by atoms with van der Waals surface area (Å²) in [4.78, 5) is 8.36. The number of rotatable bonds is 0. The predicted octanol–water partition coefficient (Wildman–Crippen LogP) is 3.05. The molecule has 0 aliphatic heterocycles. The minimum Gasteiger partial charge on any atom is -0.506 e. The van der Waals surface area contributed by atoms with E-state index in [1.807, 2.05) is 0 Å². The first-order valence-electron chi connectivity index (χ1n) is 2.94. The molecule has 1 rings (SSSR count). The van der Waals surface area contributed by atoms with Crippen LogP contribution in [0, 0.1) is 0 Å². The van der Waals surface area contributed by atoms with Gasteiger partial charge in [0.2, 0.25) is 0 Å². The molecule has 0 aliphatic rings. The summed E-state index contributed by atoms with van der Waals surface area (Å²) in [6.07, 6.45) is 0. The molecule has 0 spiro atoms. The molecule has 0 amide bonds. The van der Waals surface area contributed by atoms with Crippen LogP contribution in [0.3, 0.4) is 0 Å². The quantitative estimate of drug-likeness (QED) is 0.544. The van der Waals surface area contributed by atoms with E-state index < -0.39 is 0 Å². The Morgan fingerprint density at radius 1 is 1.08 bits per heavy atom. The van der Waals surface area contributed by atoms with E-state index in [9.17, 15) is 0 Å². The van der Waals surface area contributed by atoms with Crippen LogP contribution in [0.5, 0.6) is 5.75 Å². The van der Waals surface area contributed by atoms with Crippen molar-refractivity contribution < 1.29 is 15.0 Å². The SMILES string of the molecule is O=CO.Oc1cc(Cl)c(Cl)cc1Cl. The van der Waals surface area contributed by atoms with Crippen molar-refractivity contribution in [3.63, 3.8) is 0 Å². The van der Waals surface area contributed by atoms with E-state index in [-0.39, 0.29) is 17.2 Å². The number of phenolic OH excluding ortho intramolecular Hbond substituents is 1. The van der Waals surface area contributed by atoms with Crippen molar-refractivity contribution in [3.05, 3.63) is 27.2 Å². The molecule has 3 nitrogen and oxygen atoms in total. The van der Waals surface area contributed by atoms with E-state index in [0.717, 1.165) is 0 Å². The van der Waals surface area contributed by atoms with E-state index in [4.69, 9.17) is 49.8 Å². The molecule has 1 aromatic carbocycles. The highest BCUT2D eigenvalue weighted by Crippen LogP contribution is 2.32. The number of carbonyl (C=O) groups is 1. The maximum atomic E-state index is 8.95. The summed E-state index contributed by atoms with van der Waals surface area (Å²) in [5, 5.41) is 16.7. The van der Waals surface area contributed by atoms with Crippen molar-refractivity contribution in [2.24, 2.45) is 0 Å². The Labute approximate surface area is 89.5 Å². The van der Waals surface area contributed by atoms with Crippen LogP contribution < -0.4 is 0 Å². The van der Waals surface area contributed by atoms with Gasteiger partial charge in [-0.15, -0.1) is 0 Å². The molecule has 0 fully saturated rings. The van der Waals surface area contributed by atoms with Gasteiger partial charge in [-0.1, -0.05) is 34.8 Å². The minimum atomic E-state index is -0.250. The van der Waals surface area contributed by atoms with Crippen LogP contribution in [0.1, 0.15) is 0 Å². The summed E-state index contributed by atoms with van der Waals surface area (Å²) in [5.41, 5.74) is 0. The number of halogens is 3. The number of benzene rings is 1. The molecule has 1 aromatic rings. The molecule has 0 saturated heterocycles. The highest BCUT2D eigenvalue weighted by atomic mass is 35.5. The largest absolute Gasteiger partial charge is 0.506 e. The van der Waals surface area contributed by atoms with Gasteiger partial charge < -0.3 is 10.2 Å². The van der Waals surface area contributed by atoms with Gasteiger partial charge in [0.15, 0.2) is 0 Å². The Morgan fingerprint density at radius 3 is 1.85 bits per heavy atom. The standard InChI is InChI=1S/C6H3Cl3O.CH2O2/c7-3-1-5(9)6(10)2-4(3)8;2-1-3/h1-2,10H;1H,(H,2,3). The lowest BCUT2D eigenvalue weighted by Crippen LogP contribution is -1.70. The topological polar surface area (TPSA) is 57.5 Å². The lowest BCUT2D eigenvalue weighted by atomic mass is 10.3. The van der Waals surface area contributed by atoms with Crippen LogP contribution in [-0.2, 0) is 4.79 Å². The van der Waals surface area contributed by atoms with Gasteiger partial charge in [-0.3, -0.25) is 4.79 Å². The third-order valence-corrected chi connectivity index (χ3v) is 2.01. The van der Waals surface area contributed by atoms with Gasteiger partial charge in [0.1, 0.15) is 5.75 Å². The first-order valence-corrected chi connectivity index (χ1v) is 4.07. The average Bonchev–Trinajstić information content (AvgIpc) is 2.03. The fourth-order valence-corrected chi connectivity index (χ4v) is 1.05. The summed E-state index contributed by atoms with van der Waals surface area (Å²) >= 11 is 16.6. The van der Waals surface area contributed by atoms with Crippen LogP contribution in [0.2, 0.25) is 15.1 Å². The van der Waals surface area contributed by atoms with E-state index >= 15 is 0 Å². The molecular weight excluding hydrogens is 238 g/mol. The summed E-state index contributed by atoms with van der Waals surface area (Å²) in [6.45, 7) is -0.250. The van der Waals surface area contributed by atoms with Gasteiger partial charge >= 0.3 is 0 Å². The number of phenols is 1. The van der Waals surface area contributed by atoms with Crippen LogP contribution in [-0.4, -0.2) is 16.7 Å². The molecule has 0 saturated carbocycles. The van der Waals surface area contributed by atoms with Crippen molar-refractivity contribution in [1.82, 2.24) is 0 Å². The zero-order valence-electron chi connectivity index (χ0n) is 6.17. The molecule has 0 heterocycles. The first kappa shape index (κ1) is 12.4. The second-order valence-corrected chi connectivity index (χ2v) is 3.04. The van der Waals surface area contributed by atoms with Gasteiger partial charge in [0.05, 0.1) is 15.1 Å². The molecule has 6 heteroatoms. The highest BCUT2D eigenvalue weighted by molar-refractivity contribution is 6.43. The Kier molecular flexibility index (Phi) is 5.62. The molecule has 0 aliphatic carbocycles. The zero-order chi connectivity index (χ0) is 10.4. The Balaban J connectivity index is 0.000000424. The summed E-state index contributed by atoms with van der Waals surface area (Å²) in [7, 11) is 0. The summed E-state index contributed by atoms with van der Waals surface area (Å²) in [5.74, 6) is -0.0592. The lowest BCUT2D eigenvalue weighted by molar-refractivity contribution is -0.122. The van der Waals surface area contributed by atoms with Crippen molar-refractivity contribution in [3.8, 4) is 5.75 Å². The van der Waals surface area contributed by atoms with Crippen LogP contribution in [0.15, 0.2) is 12.1 Å². The van der Waals surface area contributed by atoms with Gasteiger partial charge in [-0.25, -0.2) is 0 Å². The summed E-state index contributed by atoms with van der Waals surface area (Å²) < 4.78 is 0. The van der Waals surface area contributed by atoms with Gasteiger partial charge in [0, 0.05) is 6.07 Å². The Bertz CT molecular complexity index is 251. The highest BCUT2D eigenvalue weighted by Gasteiger charge is 2.02. The Hall–Kier alpha value is -0.640. The second-order valence-electron chi connectivity index (χ2n) is 1.82. The number of hydrogen-bond donors (Lipinski definition) is 2. The molecule has 13 heavy (non-hydrogen) atoms. The monoisotopic (exact) mass is 242 g/mol. The fourth-order valence-electron chi connectivity index (χ4n) is 0.512. The molecule has 0 radical (unpaired) electrons. The van der Waals surface area contributed by atoms with E-state index in [0.29, 0.717) is 10.0 Å². The van der Waals surface area contributed by atoms with Crippen molar-refractivity contribution in [2.75, 3.05) is 0 Å².